The molecule has 4 rings (SSSR count). The zero-order valence-corrected chi connectivity index (χ0v) is 22.6. The third-order valence-corrected chi connectivity index (χ3v) is 7.17. The number of para-hydroxylation sites is 2. The van der Waals surface area contributed by atoms with Crippen molar-refractivity contribution in [1.29, 1.82) is 5.26 Å². The Bertz CT molecular complexity index is 1400. The first kappa shape index (κ1) is 26.3. The lowest BCUT2D eigenvalue weighted by Crippen LogP contribution is -2.14. The highest BCUT2D eigenvalue weighted by Gasteiger charge is 2.20. The fourth-order valence-electron chi connectivity index (χ4n) is 5.12. The normalized spacial score (nSPS) is 11.1. The van der Waals surface area contributed by atoms with E-state index < -0.39 is 0 Å². The molecule has 0 radical (unpaired) electrons. The summed E-state index contributed by atoms with van der Waals surface area (Å²) in [7, 11) is 3.31. The van der Waals surface area contributed by atoms with Gasteiger partial charge in [0.1, 0.15) is 11.9 Å². The first-order chi connectivity index (χ1) is 18.1. The van der Waals surface area contributed by atoms with E-state index >= 15 is 0 Å². The van der Waals surface area contributed by atoms with Crippen molar-refractivity contribution in [2.24, 2.45) is 0 Å². The summed E-state index contributed by atoms with van der Waals surface area (Å²) in [4.78, 5) is 4.86. The van der Waals surface area contributed by atoms with Crippen molar-refractivity contribution in [3.8, 4) is 17.6 Å². The molecule has 2 aromatic carbocycles. The number of rotatable bonds is 13. The van der Waals surface area contributed by atoms with Gasteiger partial charge in [-0.1, -0.05) is 57.2 Å². The van der Waals surface area contributed by atoms with Crippen LogP contribution in [0.4, 0.5) is 5.82 Å². The van der Waals surface area contributed by atoms with E-state index in [-0.39, 0.29) is 0 Å². The molecular weight excluding hydrogens is 460 g/mol. The standard InChI is InChI=1S/C31H38N4O2/c1-5-6-7-8-9-10-13-24-22(2)25(21-32)31-34-26-14-11-12-15-27(26)35(31)30(24)33-19-18-23-16-17-28(36-3)29(20-23)37-4/h11-12,14-17,20,33H,5-10,13,18-19H2,1-4H3. The molecule has 37 heavy (non-hydrogen) atoms. The summed E-state index contributed by atoms with van der Waals surface area (Å²) in [6, 6.07) is 16.6. The molecule has 0 atom stereocenters. The molecule has 0 saturated carbocycles. The van der Waals surface area contributed by atoms with E-state index in [0.29, 0.717) is 5.56 Å². The van der Waals surface area contributed by atoms with Gasteiger partial charge in [0.15, 0.2) is 17.1 Å². The second-order valence-corrected chi connectivity index (χ2v) is 9.58. The molecular formula is C31H38N4O2. The number of aromatic nitrogens is 2. The van der Waals surface area contributed by atoms with E-state index in [1.807, 2.05) is 30.3 Å². The molecule has 0 bridgehead atoms. The van der Waals surface area contributed by atoms with Gasteiger partial charge in [0.2, 0.25) is 0 Å². The number of nitriles is 1. The lowest BCUT2D eigenvalue weighted by atomic mass is 9.98. The van der Waals surface area contributed by atoms with Gasteiger partial charge >= 0.3 is 0 Å². The number of methoxy groups -OCH3 is 2. The highest BCUT2D eigenvalue weighted by molar-refractivity contribution is 5.86. The lowest BCUT2D eigenvalue weighted by molar-refractivity contribution is 0.354. The Morgan fingerprint density at radius 1 is 0.946 bits per heavy atom. The molecule has 2 heterocycles. The minimum atomic E-state index is 0.669. The number of ether oxygens (including phenoxy) is 2. The molecule has 0 spiro atoms. The summed E-state index contributed by atoms with van der Waals surface area (Å²) in [6.45, 7) is 5.06. The number of unbranched alkanes of at least 4 members (excludes halogenated alkanes) is 5. The van der Waals surface area contributed by atoms with Crippen molar-refractivity contribution in [2.45, 2.75) is 65.2 Å². The van der Waals surface area contributed by atoms with Gasteiger partial charge in [-0.15, -0.1) is 0 Å². The molecule has 0 fully saturated rings. The number of benzene rings is 2. The van der Waals surface area contributed by atoms with Gasteiger partial charge in [0, 0.05) is 6.54 Å². The lowest BCUT2D eigenvalue weighted by Gasteiger charge is -2.19. The molecule has 0 saturated heterocycles. The molecule has 6 heteroatoms. The van der Waals surface area contributed by atoms with Gasteiger partial charge in [0.05, 0.1) is 30.8 Å². The van der Waals surface area contributed by atoms with Crippen LogP contribution in [0.5, 0.6) is 11.5 Å². The average Bonchev–Trinajstić information content (AvgIpc) is 3.30. The third-order valence-electron chi connectivity index (χ3n) is 7.17. The molecule has 0 unspecified atom stereocenters. The van der Waals surface area contributed by atoms with Crippen LogP contribution in [-0.4, -0.2) is 30.1 Å². The molecule has 0 aliphatic heterocycles. The third kappa shape index (κ3) is 5.67. The second-order valence-electron chi connectivity index (χ2n) is 9.58. The second kappa shape index (κ2) is 12.5. The van der Waals surface area contributed by atoms with E-state index in [4.69, 9.17) is 14.5 Å². The summed E-state index contributed by atoms with van der Waals surface area (Å²) < 4.78 is 13.0. The molecule has 4 aromatic rings. The number of anilines is 1. The van der Waals surface area contributed by atoms with Crippen LogP contribution in [-0.2, 0) is 12.8 Å². The monoisotopic (exact) mass is 498 g/mol. The maximum atomic E-state index is 10.1. The van der Waals surface area contributed by atoms with Crippen LogP contribution >= 0.6 is 0 Å². The molecule has 2 aromatic heterocycles. The number of nitrogens with one attached hydrogen (secondary N) is 1. The number of imidazole rings is 1. The van der Waals surface area contributed by atoms with Crippen molar-refractivity contribution in [1.82, 2.24) is 9.38 Å². The Balaban J connectivity index is 1.68. The summed E-state index contributed by atoms with van der Waals surface area (Å²) in [5.41, 5.74) is 6.73. The number of nitrogens with zero attached hydrogens (tertiary/aromatic N) is 3. The van der Waals surface area contributed by atoms with Crippen molar-refractivity contribution in [3.05, 3.63) is 64.7 Å². The van der Waals surface area contributed by atoms with E-state index in [9.17, 15) is 5.26 Å². The minimum Gasteiger partial charge on any atom is -0.493 e. The van der Waals surface area contributed by atoms with Crippen LogP contribution in [0.3, 0.4) is 0 Å². The predicted octanol–water partition coefficient (Wildman–Crippen LogP) is 7.24. The molecule has 0 aliphatic rings. The van der Waals surface area contributed by atoms with Crippen LogP contribution in [0.25, 0.3) is 16.7 Å². The van der Waals surface area contributed by atoms with Crippen molar-refractivity contribution in [2.75, 3.05) is 26.1 Å². The Morgan fingerprint density at radius 3 is 2.46 bits per heavy atom. The zero-order chi connectivity index (χ0) is 26.2. The fraction of sp³-hybridized carbons (Fsp3) is 0.419. The van der Waals surface area contributed by atoms with E-state index in [1.54, 1.807) is 14.2 Å². The molecule has 0 aliphatic carbocycles. The predicted molar refractivity (Wildman–Crippen MR) is 151 cm³/mol. The maximum Gasteiger partial charge on any atom is 0.160 e. The van der Waals surface area contributed by atoms with Gasteiger partial charge in [-0.2, -0.15) is 5.26 Å². The van der Waals surface area contributed by atoms with Crippen LogP contribution in [0, 0.1) is 18.3 Å². The minimum absolute atomic E-state index is 0.669. The van der Waals surface area contributed by atoms with Crippen LogP contribution < -0.4 is 14.8 Å². The molecule has 1 N–H and O–H groups in total. The highest BCUT2D eigenvalue weighted by atomic mass is 16.5. The molecule has 6 nitrogen and oxygen atoms in total. The number of fused-ring (bicyclic) bond motifs is 3. The number of hydrogen-bond donors (Lipinski definition) is 1. The molecule has 194 valence electrons. The first-order valence-electron chi connectivity index (χ1n) is 13.4. The topological polar surface area (TPSA) is 71.6 Å². The Labute approximate surface area is 220 Å². The smallest absolute Gasteiger partial charge is 0.160 e. The van der Waals surface area contributed by atoms with Gasteiger partial charge in [-0.05, 0) is 67.1 Å². The van der Waals surface area contributed by atoms with Gasteiger partial charge in [-0.3, -0.25) is 4.40 Å². The van der Waals surface area contributed by atoms with E-state index in [1.165, 1.54) is 43.2 Å². The van der Waals surface area contributed by atoms with Gasteiger partial charge in [0.25, 0.3) is 0 Å². The number of pyridine rings is 1. The SMILES string of the molecule is CCCCCCCCc1c(C)c(C#N)c2nc3ccccc3n2c1NCCc1ccc(OC)c(OC)c1. The fourth-order valence-corrected chi connectivity index (χ4v) is 5.12. The summed E-state index contributed by atoms with van der Waals surface area (Å²) in [5, 5.41) is 13.8. The van der Waals surface area contributed by atoms with Crippen molar-refractivity contribution >= 4 is 22.5 Å². The summed E-state index contributed by atoms with van der Waals surface area (Å²) >= 11 is 0. The van der Waals surface area contributed by atoms with E-state index in [0.717, 1.165) is 65.4 Å². The Kier molecular flexibility index (Phi) is 8.90. The van der Waals surface area contributed by atoms with Gasteiger partial charge in [-0.25, -0.2) is 4.98 Å². The zero-order valence-electron chi connectivity index (χ0n) is 22.6. The summed E-state index contributed by atoms with van der Waals surface area (Å²) in [5.74, 6) is 2.52. The Hall–Kier alpha value is -3.72. The molecule has 0 amide bonds. The highest BCUT2D eigenvalue weighted by Crippen LogP contribution is 2.33. The largest absolute Gasteiger partial charge is 0.493 e. The Morgan fingerprint density at radius 2 is 1.70 bits per heavy atom. The number of hydrogen-bond acceptors (Lipinski definition) is 5. The van der Waals surface area contributed by atoms with Crippen LogP contribution in [0.2, 0.25) is 0 Å². The average molecular weight is 499 g/mol. The van der Waals surface area contributed by atoms with Crippen molar-refractivity contribution in [3.63, 3.8) is 0 Å². The van der Waals surface area contributed by atoms with Crippen molar-refractivity contribution < 1.29 is 9.47 Å². The maximum absolute atomic E-state index is 10.1. The van der Waals surface area contributed by atoms with Crippen LogP contribution in [0.1, 0.15) is 67.7 Å². The summed E-state index contributed by atoms with van der Waals surface area (Å²) in [6.07, 6.45) is 9.18. The first-order valence-corrected chi connectivity index (χ1v) is 13.4. The quantitative estimate of drug-likeness (QED) is 0.197. The van der Waals surface area contributed by atoms with Gasteiger partial charge < -0.3 is 14.8 Å². The van der Waals surface area contributed by atoms with E-state index in [2.05, 4.69) is 41.8 Å². The van der Waals surface area contributed by atoms with Crippen LogP contribution in [0.15, 0.2) is 42.5 Å².